The Morgan fingerprint density at radius 3 is 2.60 bits per heavy atom. The molecule has 0 aliphatic carbocycles. The zero-order valence-electron chi connectivity index (χ0n) is 9.70. The SMILES string of the molecule is C=C[C@]1(C)C[C@@H](C(=O)OC(C)(C)C)OO1. The molecule has 0 radical (unpaired) electrons. The summed E-state index contributed by atoms with van der Waals surface area (Å²) in [6.45, 7) is 10.9. The van der Waals surface area contributed by atoms with Crippen LogP contribution in [0.5, 0.6) is 0 Å². The molecule has 0 unspecified atom stereocenters. The highest BCUT2D eigenvalue weighted by atomic mass is 17.2. The third kappa shape index (κ3) is 3.32. The van der Waals surface area contributed by atoms with Crippen LogP contribution in [0.1, 0.15) is 34.1 Å². The van der Waals surface area contributed by atoms with Crippen LogP contribution in [-0.2, 0) is 19.3 Å². The predicted molar refractivity (Wildman–Crippen MR) is 55.0 cm³/mol. The summed E-state index contributed by atoms with van der Waals surface area (Å²) in [5.74, 6) is -0.395. The molecule has 0 saturated carbocycles. The summed E-state index contributed by atoms with van der Waals surface area (Å²) in [5.41, 5.74) is -1.10. The van der Waals surface area contributed by atoms with Crippen molar-refractivity contribution in [3.63, 3.8) is 0 Å². The first-order valence-corrected chi connectivity index (χ1v) is 4.97. The summed E-state index contributed by atoms with van der Waals surface area (Å²) >= 11 is 0. The van der Waals surface area contributed by atoms with Crippen molar-refractivity contribution in [2.24, 2.45) is 0 Å². The van der Waals surface area contributed by atoms with E-state index in [0.29, 0.717) is 6.42 Å². The van der Waals surface area contributed by atoms with Crippen molar-refractivity contribution >= 4 is 5.97 Å². The quantitative estimate of drug-likeness (QED) is 0.400. The van der Waals surface area contributed by atoms with E-state index in [9.17, 15) is 4.79 Å². The molecule has 1 heterocycles. The van der Waals surface area contributed by atoms with Crippen LogP contribution >= 0.6 is 0 Å². The summed E-state index contributed by atoms with van der Waals surface area (Å²) in [7, 11) is 0. The van der Waals surface area contributed by atoms with Crippen molar-refractivity contribution in [3.8, 4) is 0 Å². The molecule has 86 valence electrons. The zero-order chi connectivity index (χ0) is 11.7. The lowest BCUT2D eigenvalue weighted by molar-refractivity contribution is -0.310. The summed E-state index contributed by atoms with van der Waals surface area (Å²) in [5, 5.41) is 0. The molecule has 1 rings (SSSR count). The molecule has 1 saturated heterocycles. The van der Waals surface area contributed by atoms with E-state index in [0.717, 1.165) is 0 Å². The molecule has 1 aliphatic heterocycles. The first-order chi connectivity index (χ1) is 6.76. The lowest BCUT2D eigenvalue weighted by Crippen LogP contribution is -2.32. The molecule has 0 N–H and O–H groups in total. The van der Waals surface area contributed by atoms with Crippen LogP contribution < -0.4 is 0 Å². The number of hydrogen-bond acceptors (Lipinski definition) is 4. The molecule has 0 aromatic carbocycles. The van der Waals surface area contributed by atoms with Crippen molar-refractivity contribution in [3.05, 3.63) is 12.7 Å². The third-order valence-corrected chi connectivity index (χ3v) is 2.05. The highest BCUT2D eigenvalue weighted by Crippen LogP contribution is 2.30. The van der Waals surface area contributed by atoms with Crippen molar-refractivity contribution in [1.82, 2.24) is 0 Å². The van der Waals surface area contributed by atoms with E-state index in [1.54, 1.807) is 6.08 Å². The lowest BCUT2D eigenvalue weighted by Gasteiger charge is -2.21. The average Bonchev–Trinajstić information content (AvgIpc) is 2.46. The fourth-order valence-electron chi connectivity index (χ4n) is 1.21. The number of esters is 1. The number of carbonyl (C=O) groups is 1. The van der Waals surface area contributed by atoms with Gasteiger partial charge in [0.2, 0.25) is 0 Å². The number of ether oxygens (including phenoxy) is 1. The molecule has 0 aromatic rings. The van der Waals surface area contributed by atoms with Crippen LogP contribution in [-0.4, -0.2) is 23.3 Å². The minimum Gasteiger partial charge on any atom is -0.458 e. The Hall–Kier alpha value is -0.870. The minimum atomic E-state index is -0.660. The van der Waals surface area contributed by atoms with Crippen molar-refractivity contribution in [1.29, 1.82) is 0 Å². The van der Waals surface area contributed by atoms with Crippen LogP contribution in [0.3, 0.4) is 0 Å². The molecular formula is C11H18O4. The molecule has 0 bridgehead atoms. The molecule has 0 aromatic heterocycles. The molecule has 0 spiro atoms. The monoisotopic (exact) mass is 214 g/mol. The van der Waals surface area contributed by atoms with Gasteiger partial charge in [0.25, 0.3) is 0 Å². The van der Waals surface area contributed by atoms with Gasteiger partial charge in [-0.3, -0.25) is 0 Å². The third-order valence-electron chi connectivity index (χ3n) is 2.05. The second-order valence-corrected chi connectivity index (χ2v) is 4.92. The van der Waals surface area contributed by atoms with Crippen LogP contribution in [0.15, 0.2) is 12.7 Å². The Kier molecular flexibility index (Phi) is 3.21. The normalized spacial score (nSPS) is 31.3. The largest absolute Gasteiger partial charge is 0.458 e. The molecule has 4 nitrogen and oxygen atoms in total. The van der Waals surface area contributed by atoms with E-state index in [1.807, 2.05) is 27.7 Å². The minimum absolute atomic E-state index is 0.395. The molecule has 4 heteroatoms. The Bertz CT molecular complexity index is 266. The van der Waals surface area contributed by atoms with E-state index >= 15 is 0 Å². The van der Waals surface area contributed by atoms with Crippen molar-refractivity contribution < 1.29 is 19.3 Å². The summed E-state index contributed by atoms with van der Waals surface area (Å²) in [6.07, 6.45) is 1.40. The van der Waals surface area contributed by atoms with E-state index in [-0.39, 0.29) is 0 Å². The van der Waals surface area contributed by atoms with Gasteiger partial charge in [0.05, 0.1) is 0 Å². The van der Waals surface area contributed by atoms with E-state index < -0.39 is 23.3 Å². The van der Waals surface area contributed by atoms with E-state index in [1.165, 1.54) is 0 Å². The van der Waals surface area contributed by atoms with Crippen LogP contribution in [0.25, 0.3) is 0 Å². The standard InChI is InChI=1S/C11H18O4/c1-6-11(5)7-8(14-15-11)9(12)13-10(2,3)4/h6,8H,1,7H2,2-5H3/t8-,11+/m0/s1. The molecule has 0 amide bonds. The van der Waals surface area contributed by atoms with Crippen LogP contribution in [0, 0.1) is 0 Å². The number of carbonyl (C=O) groups excluding carboxylic acids is 1. The molecule has 1 aliphatic rings. The van der Waals surface area contributed by atoms with Gasteiger partial charge in [0, 0.05) is 6.42 Å². The van der Waals surface area contributed by atoms with Gasteiger partial charge >= 0.3 is 5.97 Å². The Morgan fingerprint density at radius 2 is 2.20 bits per heavy atom. The van der Waals surface area contributed by atoms with Gasteiger partial charge in [-0.1, -0.05) is 6.08 Å². The summed E-state index contributed by atoms with van der Waals surface area (Å²) in [4.78, 5) is 21.5. The van der Waals surface area contributed by atoms with Gasteiger partial charge in [-0.25, -0.2) is 14.6 Å². The maximum Gasteiger partial charge on any atom is 0.339 e. The van der Waals surface area contributed by atoms with Crippen LogP contribution in [0.4, 0.5) is 0 Å². The van der Waals surface area contributed by atoms with Gasteiger partial charge < -0.3 is 4.74 Å². The van der Waals surface area contributed by atoms with Gasteiger partial charge in [-0.15, -0.1) is 6.58 Å². The highest BCUT2D eigenvalue weighted by molar-refractivity contribution is 5.75. The smallest absolute Gasteiger partial charge is 0.339 e. The molecular weight excluding hydrogens is 196 g/mol. The van der Waals surface area contributed by atoms with E-state index in [2.05, 4.69) is 6.58 Å². The Balaban J connectivity index is 2.54. The maximum absolute atomic E-state index is 11.6. The predicted octanol–water partition coefficient (Wildman–Crippen LogP) is 1.99. The van der Waals surface area contributed by atoms with Crippen LogP contribution in [0.2, 0.25) is 0 Å². The fraction of sp³-hybridized carbons (Fsp3) is 0.727. The molecule has 15 heavy (non-hydrogen) atoms. The molecule has 2 atom stereocenters. The second-order valence-electron chi connectivity index (χ2n) is 4.92. The van der Waals surface area contributed by atoms with Gasteiger partial charge in [0.15, 0.2) is 6.10 Å². The van der Waals surface area contributed by atoms with Crippen molar-refractivity contribution in [2.75, 3.05) is 0 Å². The Labute approximate surface area is 90.1 Å². The topological polar surface area (TPSA) is 44.8 Å². The summed E-state index contributed by atoms with van der Waals surface area (Å²) < 4.78 is 5.18. The first-order valence-electron chi connectivity index (χ1n) is 4.97. The first kappa shape index (κ1) is 12.2. The second kappa shape index (κ2) is 3.94. The number of rotatable bonds is 2. The lowest BCUT2D eigenvalue weighted by atomic mass is 10.00. The molecule has 1 fully saturated rings. The fourth-order valence-corrected chi connectivity index (χ4v) is 1.21. The van der Waals surface area contributed by atoms with E-state index in [4.69, 9.17) is 14.5 Å². The van der Waals surface area contributed by atoms with Gasteiger partial charge in [-0.05, 0) is 27.7 Å². The van der Waals surface area contributed by atoms with Gasteiger partial charge in [0.1, 0.15) is 11.2 Å². The summed E-state index contributed by atoms with van der Waals surface area (Å²) in [6, 6.07) is 0. The highest BCUT2D eigenvalue weighted by Gasteiger charge is 2.41. The average molecular weight is 214 g/mol. The van der Waals surface area contributed by atoms with Crippen molar-refractivity contribution in [2.45, 2.75) is 51.4 Å². The number of hydrogen-bond donors (Lipinski definition) is 0. The maximum atomic E-state index is 11.6. The Morgan fingerprint density at radius 1 is 1.60 bits per heavy atom. The van der Waals surface area contributed by atoms with Gasteiger partial charge in [-0.2, -0.15) is 0 Å². The zero-order valence-corrected chi connectivity index (χ0v) is 9.70.